The van der Waals surface area contributed by atoms with Gasteiger partial charge in [-0.15, -0.1) is 0 Å². The minimum absolute atomic E-state index is 0.0147. The number of amides is 1. The molecule has 1 amide bonds. The van der Waals surface area contributed by atoms with E-state index in [4.69, 9.17) is 32.7 Å². The third-order valence-electron chi connectivity index (χ3n) is 5.48. The Balaban J connectivity index is 1.29. The highest BCUT2D eigenvalue weighted by Crippen LogP contribution is 2.27. The van der Waals surface area contributed by atoms with Crippen LogP contribution in [0.25, 0.3) is 0 Å². The van der Waals surface area contributed by atoms with Gasteiger partial charge in [0, 0.05) is 33.7 Å². The van der Waals surface area contributed by atoms with Crippen molar-refractivity contribution in [3.8, 4) is 5.75 Å². The number of halogens is 3. The second-order valence-corrected chi connectivity index (χ2v) is 9.71. The first-order valence-corrected chi connectivity index (χ1v) is 12.3. The molecule has 1 fully saturated rings. The fourth-order valence-electron chi connectivity index (χ4n) is 3.60. The van der Waals surface area contributed by atoms with Crippen LogP contribution in [0.2, 0.25) is 10.0 Å². The first-order chi connectivity index (χ1) is 17.2. The molecule has 10 heteroatoms. The van der Waals surface area contributed by atoms with Crippen LogP contribution in [0.15, 0.2) is 71.2 Å². The molecule has 4 rings (SSSR count). The minimum Gasteiger partial charge on any atom is -0.457 e. The summed E-state index contributed by atoms with van der Waals surface area (Å²) in [6.07, 6.45) is 0.0147. The smallest absolute Gasteiger partial charge is 0.345 e. The fraction of sp³-hybridized carbons (Fsp3) is 0.154. The van der Waals surface area contributed by atoms with Gasteiger partial charge in [-0.2, -0.15) is 0 Å². The third-order valence-corrected chi connectivity index (χ3v) is 6.56. The van der Waals surface area contributed by atoms with Crippen molar-refractivity contribution in [2.45, 2.75) is 6.42 Å². The van der Waals surface area contributed by atoms with E-state index in [1.165, 1.54) is 47.4 Å². The van der Waals surface area contributed by atoms with Gasteiger partial charge in [-0.3, -0.25) is 14.4 Å². The second-order valence-electron chi connectivity index (χ2n) is 7.95. The predicted molar refractivity (Wildman–Crippen MR) is 138 cm³/mol. The van der Waals surface area contributed by atoms with E-state index in [1.807, 2.05) is 12.1 Å². The Morgan fingerprint density at radius 1 is 0.972 bits per heavy atom. The number of ketones is 1. The van der Waals surface area contributed by atoms with E-state index in [2.05, 4.69) is 15.9 Å². The van der Waals surface area contributed by atoms with E-state index < -0.39 is 30.2 Å². The zero-order chi connectivity index (χ0) is 25.8. The average molecular weight is 591 g/mol. The van der Waals surface area contributed by atoms with Crippen LogP contribution in [0.1, 0.15) is 27.1 Å². The Labute approximate surface area is 225 Å². The van der Waals surface area contributed by atoms with Gasteiger partial charge in [-0.05, 0) is 66.7 Å². The maximum absolute atomic E-state index is 12.5. The van der Waals surface area contributed by atoms with Crippen LogP contribution in [0.3, 0.4) is 0 Å². The minimum atomic E-state index is -0.673. The average Bonchev–Trinajstić information content (AvgIpc) is 3.24. The highest BCUT2D eigenvalue weighted by atomic mass is 79.9. The lowest BCUT2D eigenvalue weighted by Gasteiger charge is -2.16. The zero-order valence-electron chi connectivity index (χ0n) is 18.6. The summed E-state index contributed by atoms with van der Waals surface area (Å²) in [4.78, 5) is 51.2. The van der Waals surface area contributed by atoms with Crippen molar-refractivity contribution < 1.29 is 28.7 Å². The van der Waals surface area contributed by atoms with Gasteiger partial charge in [0.15, 0.2) is 12.4 Å². The number of benzene rings is 3. The maximum Gasteiger partial charge on any atom is 0.345 e. The van der Waals surface area contributed by atoms with Crippen LogP contribution in [0.5, 0.6) is 5.75 Å². The van der Waals surface area contributed by atoms with E-state index in [0.717, 1.165) is 4.47 Å². The van der Waals surface area contributed by atoms with Crippen molar-refractivity contribution >= 4 is 68.4 Å². The normalized spacial score (nSPS) is 15.0. The quantitative estimate of drug-likeness (QED) is 0.198. The van der Waals surface area contributed by atoms with Crippen LogP contribution < -0.4 is 9.64 Å². The number of nitrogens with zero attached hydrogens (tertiary/aromatic N) is 1. The molecule has 1 heterocycles. The maximum atomic E-state index is 12.5. The first-order valence-electron chi connectivity index (χ1n) is 10.7. The Morgan fingerprint density at radius 2 is 1.67 bits per heavy atom. The topological polar surface area (TPSA) is 90.0 Å². The summed E-state index contributed by atoms with van der Waals surface area (Å²) in [6, 6.07) is 17.4. The first kappa shape index (κ1) is 25.9. The number of Topliss-reactive ketones (excluding diaryl/α,β-unsaturated/α-hetero) is 1. The van der Waals surface area contributed by atoms with Gasteiger partial charge in [0.25, 0.3) is 0 Å². The Bertz CT molecular complexity index is 1330. The molecule has 0 spiro atoms. The fourth-order valence-corrected chi connectivity index (χ4v) is 4.35. The molecule has 1 aliphatic rings. The lowest BCUT2D eigenvalue weighted by Crippen LogP contribution is -2.27. The molecule has 3 aromatic carbocycles. The summed E-state index contributed by atoms with van der Waals surface area (Å²) in [7, 11) is 0. The van der Waals surface area contributed by atoms with E-state index >= 15 is 0 Å². The SMILES string of the molecule is O=C(COC(=O)[C@H]1CC(=O)N(c2ccc(Br)cc2)C1)c1ccc(OC(=O)c2ccc(Cl)cc2Cl)cc1. The lowest BCUT2D eigenvalue weighted by atomic mass is 10.1. The molecule has 1 saturated heterocycles. The molecule has 0 aliphatic carbocycles. The summed E-state index contributed by atoms with van der Waals surface area (Å²) >= 11 is 15.2. The molecule has 1 aliphatic heterocycles. The zero-order valence-corrected chi connectivity index (χ0v) is 21.7. The second kappa shape index (κ2) is 11.2. The third kappa shape index (κ3) is 6.13. The van der Waals surface area contributed by atoms with Gasteiger partial charge in [-0.25, -0.2) is 4.79 Å². The van der Waals surface area contributed by atoms with Crippen molar-refractivity contribution in [3.63, 3.8) is 0 Å². The monoisotopic (exact) mass is 589 g/mol. The van der Waals surface area contributed by atoms with Gasteiger partial charge < -0.3 is 14.4 Å². The number of esters is 2. The van der Waals surface area contributed by atoms with E-state index in [1.54, 1.807) is 12.1 Å². The number of hydrogen-bond donors (Lipinski definition) is 0. The molecule has 0 bridgehead atoms. The van der Waals surface area contributed by atoms with E-state index in [-0.39, 0.29) is 40.8 Å². The standard InChI is InChI=1S/C26H18BrCl2NO6/c27-17-3-6-19(7-4-17)30-13-16(11-24(30)32)25(33)35-14-23(31)15-1-8-20(9-2-15)36-26(34)21-10-5-18(28)12-22(21)29/h1-10,12,16H,11,13-14H2/t16-/m0/s1. The summed E-state index contributed by atoms with van der Waals surface area (Å²) < 4.78 is 11.3. The summed E-state index contributed by atoms with van der Waals surface area (Å²) in [5, 5.41) is 0.548. The number of carbonyl (C=O) groups excluding carboxylic acids is 4. The lowest BCUT2D eigenvalue weighted by molar-refractivity contribution is -0.147. The van der Waals surface area contributed by atoms with E-state index in [9.17, 15) is 19.2 Å². The van der Waals surface area contributed by atoms with Crippen LogP contribution >= 0.6 is 39.1 Å². The number of ether oxygens (including phenoxy) is 2. The van der Waals surface area contributed by atoms with Gasteiger partial charge in [-0.1, -0.05) is 39.1 Å². The van der Waals surface area contributed by atoms with Gasteiger partial charge in [0.05, 0.1) is 16.5 Å². The Kier molecular flexibility index (Phi) is 8.08. The van der Waals surface area contributed by atoms with Crippen LogP contribution in [0.4, 0.5) is 5.69 Å². The molecule has 3 aromatic rings. The molecule has 1 atom stereocenters. The van der Waals surface area contributed by atoms with Crippen LogP contribution in [-0.2, 0) is 14.3 Å². The number of rotatable bonds is 7. The van der Waals surface area contributed by atoms with Crippen LogP contribution in [-0.4, -0.2) is 36.8 Å². The molecule has 0 radical (unpaired) electrons. The summed E-state index contributed by atoms with van der Waals surface area (Å²) in [5.74, 6) is -2.35. The van der Waals surface area contributed by atoms with Crippen molar-refractivity contribution in [1.29, 1.82) is 0 Å². The predicted octanol–water partition coefficient (Wildman–Crippen LogP) is 5.75. The van der Waals surface area contributed by atoms with Crippen molar-refractivity contribution in [2.75, 3.05) is 18.1 Å². The van der Waals surface area contributed by atoms with Crippen molar-refractivity contribution in [3.05, 3.63) is 92.4 Å². The Hall–Kier alpha value is -3.20. The molecule has 0 aromatic heterocycles. The largest absolute Gasteiger partial charge is 0.457 e. The molecule has 7 nitrogen and oxygen atoms in total. The molecule has 36 heavy (non-hydrogen) atoms. The molecule has 0 N–H and O–H groups in total. The summed E-state index contributed by atoms with van der Waals surface area (Å²) in [6.45, 7) is -0.285. The number of hydrogen-bond acceptors (Lipinski definition) is 6. The van der Waals surface area contributed by atoms with Crippen LogP contribution in [0, 0.1) is 5.92 Å². The van der Waals surface area contributed by atoms with Gasteiger partial charge >= 0.3 is 11.9 Å². The van der Waals surface area contributed by atoms with Crippen molar-refractivity contribution in [2.24, 2.45) is 5.92 Å². The van der Waals surface area contributed by atoms with Gasteiger partial charge in [0.1, 0.15) is 5.75 Å². The van der Waals surface area contributed by atoms with Gasteiger partial charge in [0.2, 0.25) is 5.91 Å². The Morgan fingerprint density at radius 3 is 2.33 bits per heavy atom. The molecule has 0 unspecified atom stereocenters. The highest BCUT2D eigenvalue weighted by Gasteiger charge is 2.36. The number of anilines is 1. The molecular formula is C26H18BrCl2NO6. The van der Waals surface area contributed by atoms with Crippen molar-refractivity contribution in [1.82, 2.24) is 0 Å². The van der Waals surface area contributed by atoms with E-state index in [0.29, 0.717) is 10.7 Å². The highest BCUT2D eigenvalue weighted by molar-refractivity contribution is 9.10. The summed E-state index contributed by atoms with van der Waals surface area (Å²) in [5.41, 5.74) is 1.11. The molecule has 184 valence electrons. The molecule has 0 saturated carbocycles. The number of carbonyl (C=O) groups is 4. The molecular weight excluding hydrogens is 573 g/mol.